The fourth-order valence-electron chi connectivity index (χ4n) is 2.43. The van der Waals surface area contributed by atoms with E-state index in [2.05, 4.69) is 10.1 Å². The lowest BCUT2D eigenvalue weighted by Gasteiger charge is -2.17. The quantitative estimate of drug-likeness (QED) is 0.782. The predicted octanol–water partition coefficient (Wildman–Crippen LogP) is 2.24. The van der Waals surface area contributed by atoms with Crippen molar-refractivity contribution in [1.82, 2.24) is 14.8 Å². The van der Waals surface area contributed by atoms with Gasteiger partial charge in [0.2, 0.25) is 5.91 Å². The Labute approximate surface area is 148 Å². The molecule has 1 aromatic heterocycles. The fraction of sp³-hybridized carbons (Fsp3) is 0.471. The van der Waals surface area contributed by atoms with E-state index in [4.69, 9.17) is 5.73 Å². The number of hydrogen-bond donors (Lipinski definition) is 2. The van der Waals surface area contributed by atoms with Crippen LogP contribution in [0.2, 0.25) is 0 Å². The first kappa shape index (κ1) is 19.9. The molecule has 26 heavy (non-hydrogen) atoms. The molecular weight excluding hydrogens is 349 g/mol. The zero-order valence-corrected chi connectivity index (χ0v) is 14.5. The van der Waals surface area contributed by atoms with Crippen LogP contribution in [-0.2, 0) is 24.2 Å². The van der Waals surface area contributed by atoms with E-state index in [1.54, 1.807) is 32.0 Å². The minimum atomic E-state index is -4.48. The first-order valence-electron chi connectivity index (χ1n) is 8.03. The summed E-state index contributed by atoms with van der Waals surface area (Å²) < 4.78 is 39.2. The molecule has 2 rings (SSSR count). The molecule has 0 aliphatic carbocycles. The Hall–Kier alpha value is -2.42. The van der Waals surface area contributed by atoms with Crippen LogP contribution in [0.25, 0.3) is 11.4 Å². The third-order valence-electron chi connectivity index (χ3n) is 3.59. The van der Waals surface area contributed by atoms with E-state index in [0.717, 1.165) is 10.2 Å². The van der Waals surface area contributed by atoms with Gasteiger partial charge in [0, 0.05) is 5.56 Å². The van der Waals surface area contributed by atoms with Crippen molar-refractivity contribution in [1.29, 1.82) is 0 Å². The summed E-state index contributed by atoms with van der Waals surface area (Å²) in [6.07, 6.45) is -3.77. The summed E-state index contributed by atoms with van der Waals surface area (Å²) in [4.78, 5) is 15.1. The van der Waals surface area contributed by atoms with Crippen LogP contribution < -0.4 is 5.73 Å². The second-order valence-electron chi connectivity index (χ2n) is 6.78. The van der Waals surface area contributed by atoms with Crippen molar-refractivity contribution >= 4 is 5.91 Å². The number of nitrogens with two attached hydrogens (primary N) is 1. The van der Waals surface area contributed by atoms with Crippen molar-refractivity contribution < 1.29 is 23.1 Å². The Morgan fingerprint density at radius 1 is 1.31 bits per heavy atom. The number of carbonyl (C=O) groups is 1. The normalized spacial score (nSPS) is 12.4. The first-order valence-corrected chi connectivity index (χ1v) is 8.03. The number of rotatable bonds is 7. The zero-order chi connectivity index (χ0) is 19.5. The minimum Gasteiger partial charge on any atom is -0.390 e. The number of aromatic nitrogens is 3. The molecule has 0 radical (unpaired) electrons. The van der Waals surface area contributed by atoms with Crippen LogP contribution >= 0.6 is 0 Å². The Balaban J connectivity index is 2.36. The highest BCUT2D eigenvalue weighted by Crippen LogP contribution is 2.25. The summed E-state index contributed by atoms with van der Waals surface area (Å²) >= 11 is 0. The van der Waals surface area contributed by atoms with Gasteiger partial charge in [-0.2, -0.15) is 18.3 Å². The lowest BCUT2D eigenvalue weighted by molar-refractivity contribution is -0.142. The molecule has 0 unspecified atom stereocenters. The minimum absolute atomic E-state index is 0.0173. The molecule has 0 atom stereocenters. The van der Waals surface area contributed by atoms with E-state index in [9.17, 15) is 23.1 Å². The predicted molar refractivity (Wildman–Crippen MR) is 89.0 cm³/mol. The summed E-state index contributed by atoms with van der Waals surface area (Å²) in [5.74, 6) is -0.762. The van der Waals surface area contributed by atoms with Crippen molar-refractivity contribution in [3.8, 4) is 11.4 Å². The molecule has 0 bridgehead atoms. The second kappa shape index (κ2) is 7.45. The molecule has 6 nitrogen and oxygen atoms in total. The third kappa shape index (κ3) is 6.14. The third-order valence-corrected chi connectivity index (χ3v) is 3.59. The highest BCUT2D eigenvalue weighted by atomic mass is 19.4. The van der Waals surface area contributed by atoms with Crippen LogP contribution in [0.1, 0.15) is 31.7 Å². The van der Waals surface area contributed by atoms with Crippen LogP contribution in [0.3, 0.4) is 0 Å². The largest absolute Gasteiger partial charge is 0.408 e. The molecule has 0 spiro atoms. The molecule has 0 aliphatic heterocycles. The van der Waals surface area contributed by atoms with Crippen LogP contribution in [0.15, 0.2) is 24.3 Å². The lowest BCUT2D eigenvalue weighted by Crippen LogP contribution is -2.20. The highest BCUT2D eigenvalue weighted by Gasteiger charge is 2.31. The number of carbonyl (C=O) groups excluding carboxylic acids is 1. The monoisotopic (exact) mass is 370 g/mol. The maximum atomic E-state index is 12.8. The summed E-state index contributed by atoms with van der Waals surface area (Å²) in [5.41, 5.74) is 5.53. The average Bonchev–Trinajstić information content (AvgIpc) is 2.84. The molecule has 2 aromatic rings. The molecule has 3 N–H and O–H groups in total. The molecule has 0 saturated carbocycles. The Bertz CT molecular complexity index is 779. The maximum Gasteiger partial charge on any atom is 0.408 e. The zero-order valence-electron chi connectivity index (χ0n) is 14.5. The summed E-state index contributed by atoms with van der Waals surface area (Å²) in [6.45, 7) is 2.06. The molecule has 142 valence electrons. The number of alkyl halides is 3. The molecule has 0 saturated heterocycles. The van der Waals surface area contributed by atoms with Crippen molar-refractivity contribution in [2.75, 3.05) is 0 Å². The Morgan fingerprint density at radius 3 is 2.58 bits per heavy atom. The van der Waals surface area contributed by atoms with Gasteiger partial charge in [0.15, 0.2) is 11.6 Å². The average molecular weight is 370 g/mol. The van der Waals surface area contributed by atoms with Crippen LogP contribution in [0.4, 0.5) is 13.2 Å². The van der Waals surface area contributed by atoms with Gasteiger partial charge in [0.1, 0.15) is 6.54 Å². The molecular formula is C17H21F3N4O2. The van der Waals surface area contributed by atoms with E-state index in [1.165, 1.54) is 0 Å². The van der Waals surface area contributed by atoms with Gasteiger partial charge < -0.3 is 10.8 Å². The number of nitrogens with zero attached hydrogens (tertiary/aromatic N) is 3. The number of benzene rings is 1. The first-order chi connectivity index (χ1) is 11.9. The second-order valence-corrected chi connectivity index (χ2v) is 6.78. The summed E-state index contributed by atoms with van der Waals surface area (Å²) in [5, 5.41) is 13.6. The number of aryl methyl sites for hydroxylation is 1. The van der Waals surface area contributed by atoms with Gasteiger partial charge in [0.05, 0.1) is 12.0 Å². The van der Waals surface area contributed by atoms with Crippen molar-refractivity contribution in [2.45, 2.75) is 51.4 Å². The van der Waals surface area contributed by atoms with Crippen molar-refractivity contribution in [3.05, 3.63) is 35.7 Å². The van der Waals surface area contributed by atoms with E-state index < -0.39 is 24.2 Å². The van der Waals surface area contributed by atoms with Gasteiger partial charge in [-0.1, -0.05) is 18.2 Å². The number of halogens is 3. The molecule has 9 heteroatoms. The van der Waals surface area contributed by atoms with E-state index in [1.807, 2.05) is 6.07 Å². The van der Waals surface area contributed by atoms with E-state index in [-0.39, 0.29) is 18.1 Å². The Morgan fingerprint density at radius 2 is 2.00 bits per heavy atom. The van der Waals surface area contributed by atoms with Gasteiger partial charge >= 0.3 is 6.18 Å². The Kier molecular flexibility index (Phi) is 5.70. The molecule has 0 fully saturated rings. The van der Waals surface area contributed by atoms with Crippen molar-refractivity contribution in [2.24, 2.45) is 5.73 Å². The highest BCUT2D eigenvalue weighted by molar-refractivity contribution is 5.75. The molecule has 0 aliphatic rings. The van der Waals surface area contributed by atoms with E-state index in [0.29, 0.717) is 18.4 Å². The van der Waals surface area contributed by atoms with Gasteiger partial charge in [-0.3, -0.25) is 4.79 Å². The van der Waals surface area contributed by atoms with Crippen LogP contribution in [0.5, 0.6) is 0 Å². The number of primary amides is 1. The number of amides is 1. The van der Waals surface area contributed by atoms with Crippen molar-refractivity contribution in [3.63, 3.8) is 0 Å². The van der Waals surface area contributed by atoms with Crippen LogP contribution in [-0.4, -0.2) is 37.6 Å². The molecule has 1 aromatic carbocycles. The topological polar surface area (TPSA) is 94.0 Å². The fourth-order valence-corrected chi connectivity index (χ4v) is 2.43. The van der Waals surface area contributed by atoms with Gasteiger partial charge in [-0.05, 0) is 38.3 Å². The summed E-state index contributed by atoms with van der Waals surface area (Å²) in [7, 11) is 0. The van der Waals surface area contributed by atoms with E-state index >= 15 is 0 Å². The number of aliphatic hydroxyl groups is 1. The molecule has 1 heterocycles. The van der Waals surface area contributed by atoms with Crippen LogP contribution in [0, 0.1) is 0 Å². The maximum absolute atomic E-state index is 12.8. The molecule has 1 amide bonds. The standard InChI is InChI=1S/C17H21F3N4O2/c1-16(2,26)7-6-11-4-3-5-12(8-11)15-22-14(9-13(21)25)23-24(15)10-17(18,19)20/h3-5,8,26H,6-7,9-10H2,1-2H3,(H2,21,25). The SMILES string of the molecule is CC(C)(O)CCc1cccc(-c2nc(CC(N)=O)nn2CC(F)(F)F)c1. The smallest absolute Gasteiger partial charge is 0.390 e. The lowest BCUT2D eigenvalue weighted by atomic mass is 9.98. The summed E-state index contributed by atoms with van der Waals surface area (Å²) in [6, 6.07) is 6.86. The van der Waals surface area contributed by atoms with Gasteiger partial charge in [-0.25, -0.2) is 9.67 Å². The van der Waals surface area contributed by atoms with Gasteiger partial charge in [-0.15, -0.1) is 0 Å². The number of hydrogen-bond acceptors (Lipinski definition) is 4. The van der Waals surface area contributed by atoms with Gasteiger partial charge in [0.25, 0.3) is 0 Å².